The summed E-state index contributed by atoms with van der Waals surface area (Å²) in [5.74, 6) is 0. The van der Waals surface area contributed by atoms with Crippen LogP contribution < -0.4 is 5.32 Å². The second-order valence-electron chi connectivity index (χ2n) is 7.37. The highest BCUT2D eigenvalue weighted by atomic mass is 16.6. The SMILES string of the molecule is CN(C)CC(CC(C)(C)C)NC(=O)OC(C)(C)C. The highest BCUT2D eigenvalue weighted by molar-refractivity contribution is 5.68. The second kappa shape index (κ2) is 6.41. The van der Waals surface area contributed by atoms with Gasteiger partial charge in [0.15, 0.2) is 0 Å². The van der Waals surface area contributed by atoms with Gasteiger partial charge in [-0.15, -0.1) is 0 Å². The fraction of sp³-hybridized carbons (Fsp3) is 0.929. The number of likely N-dealkylation sites (N-methyl/N-ethyl adjacent to an activating group) is 1. The van der Waals surface area contributed by atoms with Crippen LogP contribution in [-0.4, -0.2) is 43.3 Å². The number of amides is 1. The smallest absolute Gasteiger partial charge is 0.407 e. The van der Waals surface area contributed by atoms with Crippen molar-refractivity contribution < 1.29 is 9.53 Å². The Bertz CT molecular complexity index is 262. The first-order valence-corrected chi connectivity index (χ1v) is 6.53. The van der Waals surface area contributed by atoms with Gasteiger partial charge in [0.25, 0.3) is 0 Å². The number of nitrogens with zero attached hydrogens (tertiary/aromatic N) is 1. The average Bonchev–Trinajstić information content (AvgIpc) is 1.92. The molecular weight excluding hydrogens is 228 g/mol. The van der Waals surface area contributed by atoms with E-state index in [0.29, 0.717) is 0 Å². The Labute approximate surface area is 112 Å². The topological polar surface area (TPSA) is 41.6 Å². The van der Waals surface area contributed by atoms with Gasteiger partial charge in [-0.1, -0.05) is 20.8 Å². The van der Waals surface area contributed by atoms with Crippen molar-refractivity contribution in [2.45, 2.75) is 59.6 Å². The van der Waals surface area contributed by atoms with Gasteiger partial charge in [-0.3, -0.25) is 0 Å². The first-order valence-electron chi connectivity index (χ1n) is 6.53. The van der Waals surface area contributed by atoms with Crippen LogP contribution in [0.25, 0.3) is 0 Å². The molecule has 0 bridgehead atoms. The monoisotopic (exact) mass is 258 g/mol. The van der Waals surface area contributed by atoms with Crippen molar-refractivity contribution in [1.29, 1.82) is 0 Å². The molecule has 0 radical (unpaired) electrons. The molecule has 0 aromatic carbocycles. The van der Waals surface area contributed by atoms with Crippen molar-refractivity contribution in [3.63, 3.8) is 0 Å². The van der Waals surface area contributed by atoms with E-state index in [2.05, 4.69) is 31.0 Å². The number of hydrogen-bond acceptors (Lipinski definition) is 3. The number of nitrogens with one attached hydrogen (secondary N) is 1. The largest absolute Gasteiger partial charge is 0.444 e. The van der Waals surface area contributed by atoms with Crippen molar-refractivity contribution in [3.05, 3.63) is 0 Å². The highest BCUT2D eigenvalue weighted by Crippen LogP contribution is 2.21. The Balaban J connectivity index is 4.45. The van der Waals surface area contributed by atoms with Crippen molar-refractivity contribution in [1.82, 2.24) is 10.2 Å². The van der Waals surface area contributed by atoms with Crippen molar-refractivity contribution in [3.8, 4) is 0 Å². The van der Waals surface area contributed by atoms with Crippen LogP contribution in [-0.2, 0) is 4.74 Å². The Kier molecular flexibility index (Phi) is 6.14. The summed E-state index contributed by atoms with van der Waals surface area (Å²) in [6.45, 7) is 13.0. The minimum atomic E-state index is -0.450. The van der Waals surface area contributed by atoms with E-state index < -0.39 is 5.60 Å². The predicted octanol–water partition coefficient (Wildman–Crippen LogP) is 2.88. The summed E-state index contributed by atoms with van der Waals surface area (Å²) in [6.07, 6.45) is 0.586. The number of alkyl carbamates (subject to hydrolysis) is 1. The second-order valence-corrected chi connectivity index (χ2v) is 7.37. The summed E-state index contributed by atoms with van der Waals surface area (Å²) >= 11 is 0. The summed E-state index contributed by atoms with van der Waals surface area (Å²) < 4.78 is 5.30. The minimum absolute atomic E-state index is 0.106. The molecule has 0 saturated heterocycles. The van der Waals surface area contributed by atoms with E-state index in [0.717, 1.165) is 13.0 Å². The average molecular weight is 258 g/mol. The molecule has 0 aliphatic heterocycles. The predicted molar refractivity (Wildman–Crippen MR) is 75.8 cm³/mol. The number of ether oxygens (including phenoxy) is 1. The van der Waals surface area contributed by atoms with Gasteiger partial charge >= 0.3 is 6.09 Å². The summed E-state index contributed by atoms with van der Waals surface area (Å²) in [4.78, 5) is 13.9. The van der Waals surface area contributed by atoms with Gasteiger partial charge in [0.05, 0.1) is 0 Å². The lowest BCUT2D eigenvalue weighted by atomic mass is 9.88. The molecule has 4 nitrogen and oxygen atoms in total. The molecule has 0 rings (SSSR count). The van der Waals surface area contributed by atoms with Gasteiger partial charge in [-0.2, -0.15) is 0 Å². The van der Waals surface area contributed by atoms with Crippen LogP contribution in [0.4, 0.5) is 4.79 Å². The van der Waals surface area contributed by atoms with Crippen molar-refractivity contribution >= 4 is 6.09 Å². The summed E-state index contributed by atoms with van der Waals surface area (Å²) in [6, 6.07) is 0.106. The maximum atomic E-state index is 11.8. The fourth-order valence-corrected chi connectivity index (χ4v) is 1.82. The standard InChI is InChI=1S/C14H30N2O2/c1-13(2,3)9-11(10-16(7)8)15-12(17)18-14(4,5)6/h11H,9-10H2,1-8H3,(H,15,17). The van der Waals surface area contributed by atoms with Gasteiger partial charge in [0, 0.05) is 12.6 Å². The number of rotatable bonds is 4. The zero-order valence-electron chi connectivity index (χ0n) is 13.3. The molecule has 1 N–H and O–H groups in total. The lowest BCUT2D eigenvalue weighted by Gasteiger charge is -2.30. The van der Waals surface area contributed by atoms with Crippen LogP contribution >= 0.6 is 0 Å². The molecule has 0 aliphatic carbocycles. The normalized spacial score (nSPS) is 14.5. The molecule has 1 atom stereocenters. The molecule has 0 spiro atoms. The Hall–Kier alpha value is -0.770. The van der Waals surface area contributed by atoms with Gasteiger partial charge in [0.1, 0.15) is 5.60 Å². The number of carbonyl (C=O) groups excluding carboxylic acids is 1. The first kappa shape index (κ1) is 17.2. The van der Waals surface area contributed by atoms with Crippen LogP contribution in [0.5, 0.6) is 0 Å². The lowest BCUT2D eigenvalue weighted by molar-refractivity contribution is 0.0483. The zero-order chi connectivity index (χ0) is 14.6. The zero-order valence-corrected chi connectivity index (χ0v) is 13.3. The Morgan fingerprint density at radius 1 is 1.17 bits per heavy atom. The maximum absolute atomic E-state index is 11.8. The van der Waals surface area contributed by atoms with E-state index >= 15 is 0 Å². The molecule has 0 fully saturated rings. The molecule has 108 valence electrons. The summed E-state index contributed by atoms with van der Waals surface area (Å²) in [7, 11) is 4.01. The molecule has 0 saturated carbocycles. The highest BCUT2D eigenvalue weighted by Gasteiger charge is 2.23. The van der Waals surface area contributed by atoms with Gasteiger partial charge < -0.3 is 15.0 Å². The fourth-order valence-electron chi connectivity index (χ4n) is 1.82. The van der Waals surface area contributed by atoms with Crippen molar-refractivity contribution in [2.24, 2.45) is 5.41 Å². The van der Waals surface area contributed by atoms with E-state index in [1.807, 2.05) is 34.9 Å². The first-order chi connectivity index (χ1) is 7.89. The van der Waals surface area contributed by atoms with Crippen LogP contribution in [0.2, 0.25) is 0 Å². The third kappa shape index (κ3) is 10.4. The Morgan fingerprint density at radius 2 is 1.67 bits per heavy atom. The van der Waals surface area contributed by atoms with Gasteiger partial charge in [-0.25, -0.2) is 4.79 Å². The molecule has 1 amide bonds. The van der Waals surface area contributed by atoms with Gasteiger partial charge in [-0.05, 0) is 46.7 Å². The maximum Gasteiger partial charge on any atom is 0.407 e. The molecule has 0 heterocycles. The van der Waals surface area contributed by atoms with E-state index in [-0.39, 0.29) is 17.6 Å². The van der Waals surface area contributed by atoms with E-state index in [1.165, 1.54) is 0 Å². The third-order valence-corrected chi connectivity index (χ3v) is 2.17. The molecule has 0 aromatic heterocycles. The van der Waals surface area contributed by atoms with Crippen LogP contribution in [0.1, 0.15) is 48.0 Å². The Morgan fingerprint density at radius 3 is 2.00 bits per heavy atom. The summed E-state index contributed by atoms with van der Waals surface area (Å²) in [5.41, 5.74) is -0.274. The summed E-state index contributed by atoms with van der Waals surface area (Å²) in [5, 5.41) is 2.96. The molecular formula is C14H30N2O2. The molecule has 4 heteroatoms. The van der Waals surface area contributed by atoms with E-state index in [4.69, 9.17) is 4.74 Å². The molecule has 0 aromatic rings. The van der Waals surface area contributed by atoms with Crippen LogP contribution in [0, 0.1) is 5.41 Å². The van der Waals surface area contributed by atoms with E-state index in [1.54, 1.807) is 0 Å². The van der Waals surface area contributed by atoms with Crippen LogP contribution in [0.15, 0.2) is 0 Å². The van der Waals surface area contributed by atoms with Crippen molar-refractivity contribution in [2.75, 3.05) is 20.6 Å². The van der Waals surface area contributed by atoms with Crippen LogP contribution in [0.3, 0.4) is 0 Å². The lowest BCUT2D eigenvalue weighted by Crippen LogP contribution is -2.45. The molecule has 18 heavy (non-hydrogen) atoms. The quantitative estimate of drug-likeness (QED) is 0.843. The molecule has 1 unspecified atom stereocenters. The van der Waals surface area contributed by atoms with Gasteiger partial charge in [0.2, 0.25) is 0 Å². The third-order valence-electron chi connectivity index (χ3n) is 2.17. The minimum Gasteiger partial charge on any atom is -0.444 e. The number of hydrogen-bond donors (Lipinski definition) is 1. The van der Waals surface area contributed by atoms with E-state index in [9.17, 15) is 4.79 Å². The molecule has 0 aliphatic rings. The number of carbonyl (C=O) groups is 1.